The number of nitrogens with one attached hydrogen (secondary N) is 2. The van der Waals surface area contributed by atoms with Crippen LogP contribution in [-0.2, 0) is 6.54 Å². The molecule has 2 N–H and O–H groups in total. The van der Waals surface area contributed by atoms with E-state index in [1.54, 1.807) is 26.2 Å². The fourth-order valence-corrected chi connectivity index (χ4v) is 3.33. The Morgan fingerprint density at radius 2 is 1.92 bits per heavy atom. The minimum absolute atomic E-state index is 0.196. The molecule has 0 radical (unpaired) electrons. The smallest absolute Gasteiger partial charge is 0.263 e. The molecule has 0 saturated heterocycles. The minimum Gasteiger partial charge on any atom is -0.496 e. The van der Waals surface area contributed by atoms with Crippen LogP contribution in [0.5, 0.6) is 5.75 Å². The van der Waals surface area contributed by atoms with Crippen molar-refractivity contribution < 1.29 is 13.9 Å². The van der Waals surface area contributed by atoms with Gasteiger partial charge in [-0.3, -0.25) is 4.79 Å². The molecule has 5 nitrogen and oxygen atoms in total. The van der Waals surface area contributed by atoms with Gasteiger partial charge in [0.15, 0.2) is 5.13 Å². The van der Waals surface area contributed by atoms with Crippen molar-refractivity contribution >= 4 is 28.1 Å². The van der Waals surface area contributed by atoms with E-state index in [1.807, 2.05) is 24.3 Å². The van der Waals surface area contributed by atoms with Crippen molar-refractivity contribution in [2.45, 2.75) is 13.5 Å². The standard InChI is InChI=1S/C19H18FN3O2S/c1-12-17(18(24)21-11-13-5-3-4-6-16(13)25-2)26-19(22-12)23-15-9-7-14(20)8-10-15/h3-10H,11H2,1-2H3,(H,21,24)(H,22,23). The van der Waals surface area contributed by atoms with Crippen LogP contribution in [0.4, 0.5) is 15.2 Å². The summed E-state index contributed by atoms with van der Waals surface area (Å²) in [6.07, 6.45) is 0. The van der Waals surface area contributed by atoms with Gasteiger partial charge in [0.1, 0.15) is 16.4 Å². The van der Waals surface area contributed by atoms with Gasteiger partial charge in [0.05, 0.1) is 12.8 Å². The molecule has 0 unspecified atom stereocenters. The lowest BCUT2D eigenvalue weighted by atomic mass is 10.2. The first-order valence-electron chi connectivity index (χ1n) is 7.97. The average molecular weight is 371 g/mol. The van der Waals surface area contributed by atoms with Crippen molar-refractivity contribution in [2.75, 3.05) is 12.4 Å². The Morgan fingerprint density at radius 3 is 2.65 bits per heavy atom. The summed E-state index contributed by atoms with van der Waals surface area (Å²) in [7, 11) is 1.60. The molecule has 0 spiro atoms. The normalized spacial score (nSPS) is 10.4. The molecule has 1 aromatic heterocycles. The minimum atomic E-state index is -0.303. The maximum Gasteiger partial charge on any atom is 0.263 e. The number of thiazole rings is 1. The Hall–Kier alpha value is -2.93. The molecule has 1 heterocycles. The van der Waals surface area contributed by atoms with Crippen molar-refractivity contribution in [3.63, 3.8) is 0 Å². The Kier molecular flexibility index (Phi) is 5.48. The number of nitrogens with zero attached hydrogens (tertiary/aromatic N) is 1. The first-order valence-corrected chi connectivity index (χ1v) is 8.78. The third-order valence-electron chi connectivity index (χ3n) is 3.73. The number of hydrogen-bond donors (Lipinski definition) is 2. The van der Waals surface area contributed by atoms with Crippen LogP contribution >= 0.6 is 11.3 Å². The molecule has 2 aromatic carbocycles. The number of aromatic nitrogens is 1. The van der Waals surface area contributed by atoms with Gasteiger partial charge in [-0.25, -0.2) is 9.37 Å². The van der Waals surface area contributed by atoms with Gasteiger partial charge in [0, 0.05) is 17.8 Å². The Balaban J connectivity index is 1.68. The van der Waals surface area contributed by atoms with E-state index < -0.39 is 0 Å². The van der Waals surface area contributed by atoms with Gasteiger partial charge in [-0.05, 0) is 37.3 Å². The maximum absolute atomic E-state index is 13.0. The highest BCUT2D eigenvalue weighted by Crippen LogP contribution is 2.26. The number of methoxy groups -OCH3 is 1. The van der Waals surface area contributed by atoms with E-state index in [4.69, 9.17) is 4.74 Å². The molecular formula is C19H18FN3O2S. The molecule has 0 saturated carbocycles. The quantitative estimate of drug-likeness (QED) is 0.679. The fourth-order valence-electron chi connectivity index (χ4n) is 2.42. The van der Waals surface area contributed by atoms with E-state index in [-0.39, 0.29) is 11.7 Å². The fraction of sp³-hybridized carbons (Fsp3) is 0.158. The molecule has 0 aliphatic carbocycles. The number of hydrogen-bond acceptors (Lipinski definition) is 5. The SMILES string of the molecule is COc1ccccc1CNC(=O)c1sc(Nc2ccc(F)cc2)nc1C. The van der Waals surface area contributed by atoms with Gasteiger partial charge in [0.2, 0.25) is 0 Å². The number of halogens is 1. The summed E-state index contributed by atoms with van der Waals surface area (Å²) in [5.74, 6) is 0.229. The third-order valence-corrected chi connectivity index (χ3v) is 4.80. The second kappa shape index (κ2) is 7.97. The zero-order valence-corrected chi connectivity index (χ0v) is 15.2. The third kappa shape index (κ3) is 4.18. The van der Waals surface area contributed by atoms with Crippen molar-refractivity contribution in [3.05, 3.63) is 70.5 Å². The van der Waals surface area contributed by atoms with E-state index in [1.165, 1.54) is 23.5 Å². The van der Waals surface area contributed by atoms with Crippen molar-refractivity contribution in [3.8, 4) is 5.75 Å². The first-order chi connectivity index (χ1) is 12.6. The van der Waals surface area contributed by atoms with Crippen molar-refractivity contribution in [2.24, 2.45) is 0 Å². The van der Waals surface area contributed by atoms with E-state index in [0.29, 0.717) is 27.9 Å². The van der Waals surface area contributed by atoms with Gasteiger partial charge in [0.25, 0.3) is 5.91 Å². The maximum atomic E-state index is 13.0. The predicted octanol–water partition coefficient (Wildman–Crippen LogP) is 4.27. The second-order valence-electron chi connectivity index (χ2n) is 5.56. The Morgan fingerprint density at radius 1 is 1.19 bits per heavy atom. The molecule has 3 aromatic rings. The number of rotatable bonds is 6. The molecule has 1 amide bonds. The molecule has 134 valence electrons. The lowest BCUT2D eigenvalue weighted by Crippen LogP contribution is -2.22. The van der Waals surface area contributed by atoms with E-state index in [0.717, 1.165) is 11.3 Å². The van der Waals surface area contributed by atoms with Crippen LogP contribution in [0, 0.1) is 12.7 Å². The highest BCUT2D eigenvalue weighted by molar-refractivity contribution is 7.17. The average Bonchev–Trinajstić information content (AvgIpc) is 3.02. The predicted molar refractivity (Wildman–Crippen MR) is 101 cm³/mol. The zero-order valence-electron chi connectivity index (χ0n) is 14.4. The Labute approximate surface area is 154 Å². The lowest BCUT2D eigenvalue weighted by Gasteiger charge is -2.09. The molecule has 0 atom stereocenters. The van der Waals surface area contributed by atoms with Crippen LogP contribution in [0.1, 0.15) is 20.9 Å². The molecule has 0 aliphatic rings. The number of anilines is 2. The number of aryl methyl sites for hydroxylation is 1. The largest absolute Gasteiger partial charge is 0.496 e. The van der Waals surface area contributed by atoms with Crippen LogP contribution < -0.4 is 15.4 Å². The van der Waals surface area contributed by atoms with Crippen molar-refractivity contribution in [1.82, 2.24) is 10.3 Å². The summed E-state index contributed by atoms with van der Waals surface area (Å²) in [5, 5.41) is 6.55. The summed E-state index contributed by atoms with van der Waals surface area (Å²) >= 11 is 1.25. The summed E-state index contributed by atoms with van der Waals surface area (Å²) < 4.78 is 18.3. The van der Waals surface area contributed by atoms with Gasteiger partial charge in [-0.2, -0.15) is 0 Å². The number of para-hydroxylation sites is 1. The van der Waals surface area contributed by atoms with Gasteiger partial charge < -0.3 is 15.4 Å². The summed E-state index contributed by atoms with van der Waals surface area (Å²) in [5.41, 5.74) is 2.24. The highest BCUT2D eigenvalue weighted by Gasteiger charge is 2.16. The molecule has 26 heavy (non-hydrogen) atoms. The zero-order chi connectivity index (χ0) is 18.5. The Bertz CT molecular complexity index is 909. The van der Waals surface area contributed by atoms with Gasteiger partial charge in [-0.15, -0.1) is 0 Å². The van der Waals surface area contributed by atoms with Crippen LogP contribution in [0.25, 0.3) is 0 Å². The number of ether oxygens (including phenoxy) is 1. The monoisotopic (exact) mass is 371 g/mol. The topological polar surface area (TPSA) is 63.2 Å². The van der Waals surface area contributed by atoms with Crippen molar-refractivity contribution in [1.29, 1.82) is 0 Å². The first kappa shape index (κ1) is 17.9. The molecule has 0 aliphatic heterocycles. The van der Waals surface area contributed by atoms with Crippen LogP contribution in [0.2, 0.25) is 0 Å². The van der Waals surface area contributed by atoms with Crippen LogP contribution in [0.15, 0.2) is 48.5 Å². The van der Waals surface area contributed by atoms with Gasteiger partial charge >= 0.3 is 0 Å². The highest BCUT2D eigenvalue weighted by atomic mass is 32.1. The number of amides is 1. The van der Waals surface area contributed by atoms with Crippen LogP contribution in [-0.4, -0.2) is 18.0 Å². The van der Waals surface area contributed by atoms with Gasteiger partial charge in [-0.1, -0.05) is 29.5 Å². The van der Waals surface area contributed by atoms with E-state index >= 15 is 0 Å². The number of carbonyl (C=O) groups is 1. The van der Waals surface area contributed by atoms with E-state index in [9.17, 15) is 9.18 Å². The molecule has 3 rings (SSSR count). The summed E-state index contributed by atoms with van der Waals surface area (Å²) in [4.78, 5) is 17.4. The number of carbonyl (C=O) groups excluding carboxylic acids is 1. The number of benzene rings is 2. The van der Waals surface area contributed by atoms with E-state index in [2.05, 4.69) is 15.6 Å². The lowest BCUT2D eigenvalue weighted by molar-refractivity contribution is 0.0954. The molecular weight excluding hydrogens is 353 g/mol. The summed E-state index contributed by atoms with van der Waals surface area (Å²) in [6.45, 7) is 2.14. The molecule has 7 heteroatoms. The molecule has 0 bridgehead atoms. The second-order valence-corrected chi connectivity index (χ2v) is 6.56. The molecule has 0 fully saturated rings. The summed E-state index contributed by atoms with van der Waals surface area (Å²) in [6, 6.07) is 13.5. The van der Waals surface area contributed by atoms with Crippen LogP contribution in [0.3, 0.4) is 0 Å².